The molecule has 0 aliphatic carbocycles. The predicted molar refractivity (Wildman–Crippen MR) is 57.7 cm³/mol. The first kappa shape index (κ1) is 9.71. The maximum atomic E-state index is 5.36. The van der Waals surface area contributed by atoms with Gasteiger partial charge in [0.1, 0.15) is 11.4 Å². The molecule has 0 N–H and O–H groups in total. The van der Waals surface area contributed by atoms with Crippen LogP contribution in [0.25, 0.3) is 11.3 Å². The highest BCUT2D eigenvalue weighted by Crippen LogP contribution is 2.30. The van der Waals surface area contributed by atoms with Crippen molar-refractivity contribution in [1.29, 1.82) is 0 Å². The van der Waals surface area contributed by atoms with Crippen LogP contribution in [-0.4, -0.2) is 22.1 Å². The lowest BCUT2D eigenvalue weighted by Gasteiger charge is -2.08. The summed E-state index contributed by atoms with van der Waals surface area (Å²) in [6.07, 6.45) is 1.87. The number of hydrogen-bond donors (Lipinski definition) is 0. The van der Waals surface area contributed by atoms with E-state index in [0.717, 1.165) is 22.6 Å². The molecule has 0 aliphatic rings. The zero-order valence-electron chi connectivity index (χ0n) is 9.06. The molecule has 78 valence electrons. The number of nitrogens with zero attached hydrogens (tertiary/aromatic N) is 3. The molecule has 0 atom stereocenters. The van der Waals surface area contributed by atoms with Crippen LogP contribution in [0.3, 0.4) is 0 Å². The minimum absolute atomic E-state index is 0.832. The Balaban J connectivity index is 2.57. The topological polar surface area (TPSA) is 39.9 Å². The number of aromatic nitrogens is 3. The van der Waals surface area contributed by atoms with E-state index in [0.29, 0.717) is 0 Å². The van der Waals surface area contributed by atoms with Gasteiger partial charge in [0.25, 0.3) is 0 Å². The van der Waals surface area contributed by atoms with Gasteiger partial charge in [-0.2, -0.15) is 0 Å². The van der Waals surface area contributed by atoms with Crippen LogP contribution in [0.2, 0.25) is 0 Å². The molecule has 0 bridgehead atoms. The molecule has 1 heterocycles. The third-order valence-corrected chi connectivity index (χ3v) is 2.29. The van der Waals surface area contributed by atoms with Gasteiger partial charge < -0.3 is 4.74 Å². The molecule has 1 aromatic heterocycles. The van der Waals surface area contributed by atoms with Crippen molar-refractivity contribution in [2.24, 2.45) is 7.05 Å². The first-order chi connectivity index (χ1) is 7.22. The van der Waals surface area contributed by atoms with E-state index >= 15 is 0 Å². The second-order valence-electron chi connectivity index (χ2n) is 3.43. The Morgan fingerprint density at radius 1 is 1.33 bits per heavy atom. The lowest BCUT2D eigenvalue weighted by Crippen LogP contribution is -1.91. The van der Waals surface area contributed by atoms with Gasteiger partial charge in [0, 0.05) is 12.6 Å². The van der Waals surface area contributed by atoms with Crippen molar-refractivity contribution in [3.8, 4) is 17.0 Å². The fourth-order valence-corrected chi connectivity index (χ4v) is 1.60. The largest absolute Gasteiger partial charge is 0.496 e. The van der Waals surface area contributed by atoms with E-state index in [-0.39, 0.29) is 0 Å². The standard InChI is InChI=1S/C11H13N3O/c1-8-5-4-6-9(11(8)15-3)10-7-14(2)13-12-10/h4-7H,1-3H3. The minimum Gasteiger partial charge on any atom is -0.496 e. The van der Waals surface area contributed by atoms with Crippen LogP contribution in [0.1, 0.15) is 5.56 Å². The normalized spacial score (nSPS) is 10.3. The molecule has 0 amide bonds. The van der Waals surface area contributed by atoms with Crippen LogP contribution in [0, 0.1) is 6.92 Å². The summed E-state index contributed by atoms with van der Waals surface area (Å²) >= 11 is 0. The maximum absolute atomic E-state index is 5.36. The van der Waals surface area contributed by atoms with E-state index < -0.39 is 0 Å². The van der Waals surface area contributed by atoms with Crippen LogP contribution in [-0.2, 0) is 7.05 Å². The molecule has 0 saturated heterocycles. The smallest absolute Gasteiger partial charge is 0.131 e. The molecule has 0 radical (unpaired) electrons. The highest BCUT2D eigenvalue weighted by atomic mass is 16.5. The lowest BCUT2D eigenvalue weighted by molar-refractivity contribution is 0.413. The molecule has 15 heavy (non-hydrogen) atoms. The number of benzene rings is 1. The quantitative estimate of drug-likeness (QED) is 0.747. The van der Waals surface area contributed by atoms with Crippen molar-refractivity contribution in [2.45, 2.75) is 6.92 Å². The highest BCUT2D eigenvalue weighted by molar-refractivity contribution is 5.68. The molecule has 0 fully saturated rings. The first-order valence-corrected chi connectivity index (χ1v) is 4.72. The fourth-order valence-electron chi connectivity index (χ4n) is 1.60. The summed E-state index contributed by atoms with van der Waals surface area (Å²) in [4.78, 5) is 0. The van der Waals surface area contributed by atoms with E-state index in [1.54, 1.807) is 11.8 Å². The fraction of sp³-hybridized carbons (Fsp3) is 0.273. The van der Waals surface area contributed by atoms with Gasteiger partial charge in [0.15, 0.2) is 0 Å². The van der Waals surface area contributed by atoms with Gasteiger partial charge in [-0.3, -0.25) is 4.68 Å². The van der Waals surface area contributed by atoms with Crippen molar-refractivity contribution < 1.29 is 4.74 Å². The number of ether oxygens (including phenoxy) is 1. The first-order valence-electron chi connectivity index (χ1n) is 4.72. The van der Waals surface area contributed by atoms with Crippen LogP contribution in [0.15, 0.2) is 24.4 Å². The molecule has 0 aliphatic heterocycles. The van der Waals surface area contributed by atoms with Gasteiger partial charge in [0.2, 0.25) is 0 Å². The Labute approximate surface area is 88.5 Å². The van der Waals surface area contributed by atoms with Gasteiger partial charge in [0.05, 0.1) is 13.3 Å². The molecule has 0 saturated carbocycles. The zero-order chi connectivity index (χ0) is 10.8. The summed E-state index contributed by atoms with van der Waals surface area (Å²) in [6.45, 7) is 2.01. The van der Waals surface area contributed by atoms with Gasteiger partial charge in [-0.25, -0.2) is 0 Å². The molecule has 2 aromatic rings. The Bertz CT molecular complexity index is 476. The summed E-state index contributed by atoms with van der Waals surface area (Å²) in [5, 5.41) is 7.98. The number of hydrogen-bond acceptors (Lipinski definition) is 3. The number of rotatable bonds is 2. The Hall–Kier alpha value is -1.84. The molecule has 0 spiro atoms. The predicted octanol–water partition coefficient (Wildman–Crippen LogP) is 1.80. The van der Waals surface area contributed by atoms with E-state index in [1.165, 1.54) is 0 Å². The SMILES string of the molecule is COc1c(C)cccc1-c1cn(C)nn1. The molecular weight excluding hydrogens is 190 g/mol. The van der Waals surface area contributed by atoms with Gasteiger partial charge in [-0.05, 0) is 18.6 Å². The molecule has 1 aromatic carbocycles. The average Bonchev–Trinajstić information content (AvgIpc) is 2.64. The summed E-state index contributed by atoms with van der Waals surface area (Å²) < 4.78 is 7.04. The van der Waals surface area contributed by atoms with Gasteiger partial charge in [-0.1, -0.05) is 17.3 Å². The second kappa shape index (κ2) is 3.73. The molecule has 2 rings (SSSR count). The van der Waals surface area contributed by atoms with E-state index in [4.69, 9.17) is 4.74 Å². The molecule has 4 heteroatoms. The van der Waals surface area contributed by atoms with Gasteiger partial charge in [-0.15, -0.1) is 5.10 Å². The van der Waals surface area contributed by atoms with Crippen LogP contribution in [0.4, 0.5) is 0 Å². The summed E-state index contributed by atoms with van der Waals surface area (Å²) in [5.41, 5.74) is 2.91. The minimum atomic E-state index is 0.832. The van der Waals surface area contributed by atoms with Crippen molar-refractivity contribution >= 4 is 0 Å². The van der Waals surface area contributed by atoms with E-state index in [9.17, 15) is 0 Å². The molecule has 0 unspecified atom stereocenters. The van der Waals surface area contributed by atoms with E-state index in [2.05, 4.69) is 10.3 Å². The highest BCUT2D eigenvalue weighted by Gasteiger charge is 2.10. The van der Waals surface area contributed by atoms with Gasteiger partial charge >= 0.3 is 0 Å². The summed E-state index contributed by atoms with van der Waals surface area (Å²) in [6, 6.07) is 5.98. The maximum Gasteiger partial charge on any atom is 0.131 e. The summed E-state index contributed by atoms with van der Waals surface area (Å²) in [7, 11) is 3.51. The monoisotopic (exact) mass is 203 g/mol. The van der Waals surface area contributed by atoms with Crippen LogP contribution < -0.4 is 4.74 Å². The third-order valence-electron chi connectivity index (χ3n) is 2.29. The van der Waals surface area contributed by atoms with Crippen molar-refractivity contribution in [1.82, 2.24) is 15.0 Å². The Morgan fingerprint density at radius 2 is 2.13 bits per heavy atom. The third kappa shape index (κ3) is 1.70. The average molecular weight is 203 g/mol. The van der Waals surface area contributed by atoms with Crippen LogP contribution >= 0.6 is 0 Å². The number of aryl methyl sites for hydroxylation is 2. The second-order valence-corrected chi connectivity index (χ2v) is 3.43. The van der Waals surface area contributed by atoms with E-state index in [1.807, 2.05) is 38.4 Å². The van der Waals surface area contributed by atoms with Crippen molar-refractivity contribution in [3.05, 3.63) is 30.0 Å². The number of para-hydroxylation sites is 1. The zero-order valence-corrected chi connectivity index (χ0v) is 9.06. The number of methoxy groups -OCH3 is 1. The molecular formula is C11H13N3O. The van der Waals surface area contributed by atoms with Crippen LogP contribution in [0.5, 0.6) is 5.75 Å². The summed E-state index contributed by atoms with van der Waals surface area (Å²) in [5.74, 6) is 0.859. The lowest BCUT2D eigenvalue weighted by atomic mass is 10.1. The van der Waals surface area contributed by atoms with Crippen molar-refractivity contribution in [2.75, 3.05) is 7.11 Å². The Kier molecular flexibility index (Phi) is 2.41. The molecule has 4 nitrogen and oxygen atoms in total. The van der Waals surface area contributed by atoms with Crippen molar-refractivity contribution in [3.63, 3.8) is 0 Å². The Morgan fingerprint density at radius 3 is 2.73 bits per heavy atom.